The predicted molar refractivity (Wildman–Crippen MR) is 116 cm³/mol. The van der Waals surface area contributed by atoms with Crippen LogP contribution in [0.4, 0.5) is 4.39 Å². The number of allylic oxidation sites excluding steroid dienone is 1. The van der Waals surface area contributed by atoms with Crippen LogP contribution in [-0.2, 0) is 19.7 Å². The van der Waals surface area contributed by atoms with Crippen molar-refractivity contribution in [2.75, 3.05) is 0 Å². The second-order valence-electron chi connectivity index (χ2n) is 6.45. The smallest absolute Gasteiger partial charge is 0.219 e. The molecule has 0 atom stereocenters. The Morgan fingerprint density at radius 2 is 1.17 bits per heavy atom. The van der Waals surface area contributed by atoms with Gasteiger partial charge >= 0.3 is 4.33 Å². The summed E-state index contributed by atoms with van der Waals surface area (Å²) in [6.45, 7) is 0. The summed E-state index contributed by atoms with van der Waals surface area (Å²) in [5.41, 5.74) is 0.621. The topological polar surface area (TPSA) is 68.3 Å². The third-order valence-corrected chi connectivity index (χ3v) is 9.74. The Morgan fingerprint density at radius 3 is 1.60 bits per heavy atom. The molecule has 0 bridgehead atoms. The lowest BCUT2D eigenvalue weighted by Crippen LogP contribution is -2.42. The molecule has 0 amide bonds. The lowest BCUT2D eigenvalue weighted by molar-refractivity contribution is 0.358. The number of benzene rings is 3. The molecule has 0 heterocycles. The van der Waals surface area contributed by atoms with Crippen molar-refractivity contribution in [1.82, 2.24) is 0 Å². The van der Waals surface area contributed by atoms with Gasteiger partial charge in [0.05, 0.1) is 9.79 Å². The van der Waals surface area contributed by atoms with E-state index in [0.29, 0.717) is 10.6 Å². The van der Waals surface area contributed by atoms with E-state index >= 15 is 4.39 Å². The second-order valence-corrected chi connectivity index (χ2v) is 11.4. The average Bonchev–Trinajstić information content (AvgIpc) is 2.76. The molecule has 4 nitrogen and oxygen atoms in total. The van der Waals surface area contributed by atoms with Gasteiger partial charge in [-0.1, -0.05) is 72.3 Å². The Morgan fingerprint density at radius 1 is 0.733 bits per heavy atom. The minimum atomic E-state index is -4.89. The van der Waals surface area contributed by atoms with E-state index < -0.39 is 40.2 Å². The van der Waals surface area contributed by atoms with Gasteiger partial charge in [-0.3, -0.25) is 0 Å². The molecule has 0 aromatic heterocycles. The van der Waals surface area contributed by atoms with Gasteiger partial charge in [-0.2, -0.15) is 0 Å². The van der Waals surface area contributed by atoms with Crippen molar-refractivity contribution in [2.45, 2.75) is 20.5 Å². The first-order valence-electron chi connectivity index (χ1n) is 8.89. The van der Waals surface area contributed by atoms with Crippen LogP contribution in [0, 0.1) is 0 Å². The Labute approximate surface area is 180 Å². The zero-order valence-corrected chi connectivity index (χ0v) is 18.0. The molecular weight excluding hydrogens is 447 g/mol. The minimum absolute atomic E-state index is 0.410. The maximum atomic E-state index is 16.2. The molecule has 0 aliphatic heterocycles. The monoisotopic (exact) mass is 464 g/mol. The van der Waals surface area contributed by atoms with Crippen molar-refractivity contribution in [3.8, 4) is 0 Å². The van der Waals surface area contributed by atoms with Crippen LogP contribution >= 0.6 is 11.6 Å². The van der Waals surface area contributed by atoms with Gasteiger partial charge < -0.3 is 0 Å². The number of alkyl halides is 1. The van der Waals surface area contributed by atoms with Crippen molar-refractivity contribution in [2.24, 2.45) is 0 Å². The van der Waals surface area contributed by atoms with Gasteiger partial charge in [0.2, 0.25) is 19.7 Å². The van der Waals surface area contributed by atoms with Crippen LogP contribution < -0.4 is 0 Å². The molecule has 3 aromatic carbocycles. The fourth-order valence-corrected chi connectivity index (χ4v) is 7.05. The highest BCUT2D eigenvalue weighted by atomic mass is 35.5. The number of hydrogen-bond acceptors (Lipinski definition) is 4. The van der Waals surface area contributed by atoms with E-state index in [4.69, 9.17) is 11.6 Å². The zero-order chi connectivity index (χ0) is 21.8. The van der Waals surface area contributed by atoms with Gasteiger partial charge in [0.1, 0.15) is 0 Å². The molecule has 0 aliphatic rings. The first kappa shape index (κ1) is 22.2. The molecule has 8 heteroatoms. The molecule has 0 N–H and O–H groups in total. The third-order valence-electron chi connectivity index (χ3n) is 4.45. The average molecular weight is 465 g/mol. The van der Waals surface area contributed by atoms with Crippen LogP contribution in [-0.4, -0.2) is 21.2 Å². The molecule has 0 saturated carbocycles. The number of rotatable bonds is 7. The lowest BCUT2D eigenvalue weighted by Gasteiger charge is -2.24. The standard InChI is InChI=1S/C22H18ClFO4S2/c23-19-15-13-18(14-16-19)8-7-17-22(24,29(25,26)20-9-3-1-4-10-20)30(27,28)21-11-5-2-6-12-21/h1-16H,17H2/b8-7+. The summed E-state index contributed by atoms with van der Waals surface area (Å²) in [4.78, 5) is -0.821. The first-order valence-corrected chi connectivity index (χ1v) is 12.2. The molecule has 3 rings (SSSR count). The maximum absolute atomic E-state index is 16.2. The van der Waals surface area contributed by atoms with Crippen molar-refractivity contribution in [1.29, 1.82) is 0 Å². The van der Waals surface area contributed by atoms with Crippen molar-refractivity contribution in [3.05, 3.63) is 102 Å². The van der Waals surface area contributed by atoms with Gasteiger partial charge in [-0.05, 0) is 42.0 Å². The van der Waals surface area contributed by atoms with Gasteiger partial charge in [-0.15, -0.1) is 0 Å². The third kappa shape index (κ3) is 4.19. The quantitative estimate of drug-likeness (QED) is 0.475. The van der Waals surface area contributed by atoms with Crippen LogP contribution in [0.5, 0.6) is 0 Å². The summed E-state index contributed by atoms with van der Waals surface area (Å²) < 4.78 is 65.3. The molecule has 30 heavy (non-hydrogen) atoms. The van der Waals surface area contributed by atoms with E-state index in [1.807, 2.05) is 0 Å². The van der Waals surface area contributed by atoms with Crippen LogP contribution in [0.25, 0.3) is 6.08 Å². The fraction of sp³-hybridized carbons (Fsp3) is 0.0909. The maximum Gasteiger partial charge on any atom is 0.321 e. The second kappa shape index (κ2) is 8.71. The lowest BCUT2D eigenvalue weighted by atomic mass is 10.2. The van der Waals surface area contributed by atoms with Crippen molar-refractivity contribution in [3.63, 3.8) is 0 Å². The van der Waals surface area contributed by atoms with E-state index in [2.05, 4.69) is 0 Å². The number of sulfone groups is 2. The molecule has 3 aromatic rings. The van der Waals surface area contributed by atoms with Gasteiger partial charge in [0.25, 0.3) is 0 Å². The minimum Gasteiger partial charge on any atom is -0.219 e. The predicted octanol–water partition coefficient (Wildman–Crippen LogP) is 5.31. The Kier molecular flexibility index (Phi) is 6.45. The SMILES string of the molecule is O=S(=O)(c1ccccc1)C(F)(C/C=C/c1ccc(Cl)cc1)S(=O)(=O)c1ccccc1. The highest BCUT2D eigenvalue weighted by Crippen LogP contribution is 2.40. The molecule has 0 aliphatic carbocycles. The van der Waals surface area contributed by atoms with Crippen LogP contribution in [0.3, 0.4) is 0 Å². The van der Waals surface area contributed by atoms with Crippen LogP contribution in [0.15, 0.2) is 101 Å². The van der Waals surface area contributed by atoms with E-state index in [0.717, 1.165) is 0 Å². The van der Waals surface area contributed by atoms with Crippen molar-refractivity contribution >= 4 is 37.4 Å². The molecule has 0 spiro atoms. The molecule has 0 unspecified atom stereocenters. The highest BCUT2D eigenvalue weighted by molar-refractivity contribution is 8.10. The van der Waals surface area contributed by atoms with Crippen molar-refractivity contribution < 1.29 is 21.2 Å². The molecule has 156 valence electrons. The largest absolute Gasteiger partial charge is 0.321 e. The fourth-order valence-electron chi connectivity index (χ4n) is 2.82. The van der Waals surface area contributed by atoms with Crippen LogP contribution in [0.1, 0.15) is 12.0 Å². The number of halogens is 2. The van der Waals surface area contributed by atoms with E-state index in [9.17, 15) is 16.8 Å². The normalized spacial score (nSPS) is 12.9. The number of hydrogen-bond donors (Lipinski definition) is 0. The van der Waals surface area contributed by atoms with Gasteiger partial charge in [-0.25, -0.2) is 21.2 Å². The Bertz CT molecular complexity index is 1170. The zero-order valence-electron chi connectivity index (χ0n) is 15.7. The van der Waals surface area contributed by atoms with Gasteiger partial charge in [0, 0.05) is 11.4 Å². The summed E-state index contributed by atoms with van der Waals surface area (Å²) in [5, 5.41) is 0.505. The summed E-state index contributed by atoms with van der Waals surface area (Å²) in [6, 6.07) is 20.0. The first-order chi connectivity index (χ1) is 14.2. The van der Waals surface area contributed by atoms with Crippen LogP contribution in [0.2, 0.25) is 5.02 Å². The van der Waals surface area contributed by atoms with E-state index in [1.165, 1.54) is 60.7 Å². The van der Waals surface area contributed by atoms with E-state index in [-0.39, 0.29) is 0 Å². The molecule has 0 fully saturated rings. The van der Waals surface area contributed by atoms with Gasteiger partial charge in [0.15, 0.2) is 0 Å². The van der Waals surface area contributed by atoms with E-state index in [1.54, 1.807) is 36.4 Å². The molecule has 0 saturated heterocycles. The Balaban J connectivity index is 2.10. The summed E-state index contributed by atoms with van der Waals surface area (Å²) in [7, 11) is -9.79. The highest BCUT2D eigenvalue weighted by Gasteiger charge is 2.56. The molecule has 0 radical (unpaired) electrons. The Hall–Kier alpha value is -2.48. The summed E-state index contributed by atoms with van der Waals surface area (Å²) >= 11 is 5.83. The summed E-state index contributed by atoms with van der Waals surface area (Å²) in [6.07, 6.45) is 1.76. The summed E-state index contributed by atoms with van der Waals surface area (Å²) in [5.74, 6) is 0. The molecular formula is C22H18ClFO4S2.